The SMILES string of the molecule is CC(=O)Nc1ccc(CC(=O)NC(CO)(CO)CO)cc1. The number of aliphatic hydroxyl groups excluding tert-OH is 3. The Bertz CT molecular complexity index is 474. The van der Waals surface area contributed by atoms with Crippen LogP contribution in [0, 0.1) is 0 Å². The third-order valence-electron chi connectivity index (χ3n) is 2.95. The number of benzene rings is 1. The monoisotopic (exact) mass is 296 g/mol. The quantitative estimate of drug-likeness (QED) is 0.443. The van der Waals surface area contributed by atoms with Gasteiger partial charge in [0, 0.05) is 12.6 Å². The van der Waals surface area contributed by atoms with Crippen LogP contribution in [0.2, 0.25) is 0 Å². The van der Waals surface area contributed by atoms with Crippen molar-refractivity contribution in [2.24, 2.45) is 0 Å². The van der Waals surface area contributed by atoms with E-state index in [1.165, 1.54) is 6.92 Å². The highest BCUT2D eigenvalue weighted by molar-refractivity contribution is 5.88. The van der Waals surface area contributed by atoms with Gasteiger partial charge in [-0.15, -0.1) is 0 Å². The average molecular weight is 296 g/mol. The number of amides is 2. The third-order valence-corrected chi connectivity index (χ3v) is 2.95. The van der Waals surface area contributed by atoms with Gasteiger partial charge in [-0.05, 0) is 17.7 Å². The standard InChI is InChI=1S/C14H20N2O5/c1-10(20)15-12-4-2-11(3-5-12)6-13(21)16-14(7-17,8-18)9-19/h2-5,17-19H,6-9H2,1H3,(H,15,20)(H,16,21). The van der Waals surface area contributed by atoms with Crippen LogP contribution in [0.15, 0.2) is 24.3 Å². The minimum atomic E-state index is -1.42. The first-order valence-corrected chi connectivity index (χ1v) is 6.45. The molecule has 0 aliphatic heterocycles. The molecule has 0 saturated heterocycles. The Kier molecular flexibility index (Phi) is 6.29. The Morgan fingerprint density at radius 1 is 1.05 bits per heavy atom. The Labute approximate surface area is 122 Å². The molecule has 0 spiro atoms. The molecule has 0 saturated carbocycles. The molecule has 116 valence electrons. The third kappa shape index (κ3) is 5.14. The van der Waals surface area contributed by atoms with Gasteiger partial charge in [-0.25, -0.2) is 0 Å². The summed E-state index contributed by atoms with van der Waals surface area (Å²) in [5.41, 5.74) is -0.0980. The highest BCUT2D eigenvalue weighted by Crippen LogP contribution is 2.10. The zero-order chi connectivity index (χ0) is 15.9. The van der Waals surface area contributed by atoms with E-state index < -0.39 is 31.3 Å². The number of aliphatic hydroxyl groups is 3. The fourth-order valence-corrected chi connectivity index (χ4v) is 1.70. The number of nitrogens with one attached hydrogen (secondary N) is 2. The van der Waals surface area contributed by atoms with Crippen LogP contribution < -0.4 is 10.6 Å². The van der Waals surface area contributed by atoms with Crippen LogP contribution in [0.25, 0.3) is 0 Å². The Balaban J connectivity index is 2.64. The first-order valence-electron chi connectivity index (χ1n) is 6.45. The molecule has 5 N–H and O–H groups in total. The largest absolute Gasteiger partial charge is 0.394 e. The van der Waals surface area contributed by atoms with Crippen LogP contribution in [-0.2, 0) is 16.0 Å². The van der Waals surface area contributed by atoms with E-state index in [1.54, 1.807) is 24.3 Å². The summed E-state index contributed by atoms with van der Waals surface area (Å²) in [5, 5.41) is 32.4. The van der Waals surface area contributed by atoms with Crippen molar-refractivity contribution >= 4 is 17.5 Å². The molecule has 0 bridgehead atoms. The van der Waals surface area contributed by atoms with Gasteiger partial charge in [-0.1, -0.05) is 12.1 Å². The molecule has 21 heavy (non-hydrogen) atoms. The molecule has 0 aliphatic carbocycles. The number of rotatable bonds is 7. The molecule has 0 atom stereocenters. The van der Waals surface area contributed by atoms with E-state index in [0.29, 0.717) is 11.3 Å². The molecule has 7 heteroatoms. The summed E-state index contributed by atoms with van der Waals surface area (Å²) in [5.74, 6) is -0.612. The van der Waals surface area contributed by atoms with Gasteiger partial charge in [-0.2, -0.15) is 0 Å². The van der Waals surface area contributed by atoms with E-state index in [2.05, 4.69) is 10.6 Å². The number of carbonyl (C=O) groups excluding carboxylic acids is 2. The Morgan fingerprint density at radius 3 is 2.00 bits per heavy atom. The molecule has 1 aromatic rings. The predicted octanol–water partition coefficient (Wildman–Crippen LogP) is -0.981. The summed E-state index contributed by atoms with van der Waals surface area (Å²) < 4.78 is 0. The predicted molar refractivity (Wildman–Crippen MR) is 76.6 cm³/mol. The van der Waals surface area contributed by atoms with Gasteiger partial charge in [0.05, 0.1) is 26.2 Å². The maximum atomic E-state index is 11.9. The van der Waals surface area contributed by atoms with Crippen molar-refractivity contribution in [3.05, 3.63) is 29.8 Å². The van der Waals surface area contributed by atoms with Crippen LogP contribution in [-0.4, -0.2) is 52.5 Å². The van der Waals surface area contributed by atoms with Crippen LogP contribution in [0.3, 0.4) is 0 Å². The number of hydrogen-bond donors (Lipinski definition) is 5. The Hall–Kier alpha value is -1.96. The average Bonchev–Trinajstić information content (AvgIpc) is 2.46. The molecule has 1 aromatic carbocycles. The lowest BCUT2D eigenvalue weighted by atomic mass is 10.0. The molecule has 0 fully saturated rings. The fraction of sp³-hybridized carbons (Fsp3) is 0.429. The van der Waals surface area contributed by atoms with Crippen molar-refractivity contribution in [1.29, 1.82) is 0 Å². The molecule has 0 unspecified atom stereocenters. The minimum Gasteiger partial charge on any atom is -0.394 e. The van der Waals surface area contributed by atoms with E-state index in [0.717, 1.165) is 0 Å². The highest BCUT2D eigenvalue weighted by Gasteiger charge is 2.29. The van der Waals surface area contributed by atoms with Gasteiger partial charge in [0.1, 0.15) is 5.54 Å². The van der Waals surface area contributed by atoms with Crippen LogP contribution in [0.1, 0.15) is 12.5 Å². The summed E-state index contributed by atoms with van der Waals surface area (Å²) in [4.78, 5) is 22.7. The Morgan fingerprint density at radius 2 is 1.57 bits per heavy atom. The van der Waals surface area contributed by atoms with Gasteiger partial charge < -0.3 is 26.0 Å². The van der Waals surface area contributed by atoms with E-state index in [9.17, 15) is 9.59 Å². The summed E-state index contributed by atoms with van der Waals surface area (Å²) in [7, 11) is 0. The lowest BCUT2D eigenvalue weighted by molar-refractivity contribution is -0.124. The van der Waals surface area contributed by atoms with Gasteiger partial charge >= 0.3 is 0 Å². The zero-order valence-corrected chi connectivity index (χ0v) is 11.8. The van der Waals surface area contributed by atoms with Crippen molar-refractivity contribution < 1.29 is 24.9 Å². The maximum Gasteiger partial charge on any atom is 0.225 e. The van der Waals surface area contributed by atoms with Crippen molar-refractivity contribution in [3.8, 4) is 0 Å². The van der Waals surface area contributed by atoms with Crippen molar-refractivity contribution in [1.82, 2.24) is 5.32 Å². The second-order valence-electron chi connectivity index (χ2n) is 4.86. The van der Waals surface area contributed by atoms with Crippen LogP contribution in [0.5, 0.6) is 0 Å². The van der Waals surface area contributed by atoms with Gasteiger partial charge in [-0.3, -0.25) is 9.59 Å². The van der Waals surface area contributed by atoms with Crippen molar-refractivity contribution in [2.75, 3.05) is 25.1 Å². The van der Waals surface area contributed by atoms with Crippen LogP contribution >= 0.6 is 0 Å². The first kappa shape index (κ1) is 17.1. The van der Waals surface area contributed by atoms with E-state index in [-0.39, 0.29) is 12.3 Å². The van der Waals surface area contributed by atoms with E-state index in [1.807, 2.05) is 0 Å². The highest BCUT2D eigenvalue weighted by atomic mass is 16.3. The molecule has 0 heterocycles. The summed E-state index contributed by atoms with van der Waals surface area (Å²) >= 11 is 0. The molecular formula is C14H20N2O5. The first-order chi connectivity index (χ1) is 9.94. The lowest BCUT2D eigenvalue weighted by Crippen LogP contribution is -2.57. The smallest absolute Gasteiger partial charge is 0.225 e. The second-order valence-corrected chi connectivity index (χ2v) is 4.86. The lowest BCUT2D eigenvalue weighted by Gasteiger charge is -2.28. The normalized spacial score (nSPS) is 11.0. The van der Waals surface area contributed by atoms with Crippen molar-refractivity contribution in [2.45, 2.75) is 18.9 Å². The number of anilines is 1. The maximum absolute atomic E-state index is 11.9. The van der Waals surface area contributed by atoms with Gasteiger partial charge in [0.25, 0.3) is 0 Å². The summed E-state index contributed by atoms with van der Waals surface area (Å²) in [6, 6.07) is 6.70. The van der Waals surface area contributed by atoms with E-state index >= 15 is 0 Å². The van der Waals surface area contributed by atoms with Crippen molar-refractivity contribution in [3.63, 3.8) is 0 Å². The summed E-state index contributed by atoms with van der Waals surface area (Å²) in [6.45, 7) is -0.284. The number of hydrogen-bond acceptors (Lipinski definition) is 5. The summed E-state index contributed by atoms with van der Waals surface area (Å²) in [6.07, 6.45) is 0.0299. The molecule has 7 nitrogen and oxygen atoms in total. The van der Waals surface area contributed by atoms with Gasteiger partial charge in [0.15, 0.2) is 0 Å². The van der Waals surface area contributed by atoms with E-state index in [4.69, 9.17) is 15.3 Å². The molecule has 0 aliphatic rings. The molecule has 1 rings (SSSR count). The molecule has 0 aromatic heterocycles. The van der Waals surface area contributed by atoms with Gasteiger partial charge in [0.2, 0.25) is 11.8 Å². The molecule has 0 radical (unpaired) electrons. The fourth-order valence-electron chi connectivity index (χ4n) is 1.70. The zero-order valence-electron chi connectivity index (χ0n) is 11.8. The topological polar surface area (TPSA) is 119 Å². The molecular weight excluding hydrogens is 276 g/mol. The van der Waals surface area contributed by atoms with Crippen LogP contribution in [0.4, 0.5) is 5.69 Å². The molecule has 2 amide bonds. The second kappa shape index (κ2) is 7.72. The minimum absolute atomic E-state index is 0.0299. The number of carbonyl (C=O) groups is 2.